The number of rotatable bonds is 7. The van der Waals surface area contributed by atoms with Crippen molar-refractivity contribution in [1.29, 1.82) is 0 Å². The highest BCUT2D eigenvalue weighted by Gasteiger charge is 2.11. The highest BCUT2D eigenvalue weighted by Crippen LogP contribution is 2.23. The second kappa shape index (κ2) is 9.70. The van der Waals surface area contributed by atoms with Crippen molar-refractivity contribution in [3.63, 3.8) is 0 Å². The third kappa shape index (κ3) is 5.93. The van der Waals surface area contributed by atoms with E-state index in [4.69, 9.17) is 0 Å². The van der Waals surface area contributed by atoms with Gasteiger partial charge in [0, 0.05) is 18.7 Å². The number of piperidine rings is 1. The van der Waals surface area contributed by atoms with Crippen LogP contribution in [-0.4, -0.2) is 37.0 Å². The van der Waals surface area contributed by atoms with Crippen molar-refractivity contribution >= 4 is 5.91 Å². The number of nitrogens with one attached hydrogen (secondary N) is 1. The van der Waals surface area contributed by atoms with Gasteiger partial charge in [-0.2, -0.15) is 0 Å². The zero-order valence-electron chi connectivity index (χ0n) is 16.7. The highest BCUT2D eigenvalue weighted by atomic mass is 16.1. The minimum Gasteiger partial charge on any atom is -0.351 e. The van der Waals surface area contributed by atoms with Crippen LogP contribution in [0.2, 0.25) is 0 Å². The summed E-state index contributed by atoms with van der Waals surface area (Å²) >= 11 is 0. The third-order valence-electron chi connectivity index (χ3n) is 5.19. The number of benzene rings is 2. The van der Waals surface area contributed by atoms with Crippen molar-refractivity contribution in [2.24, 2.45) is 5.92 Å². The molecule has 2 aromatic rings. The minimum absolute atomic E-state index is 0.0206. The number of carbonyl (C=O) groups is 1. The maximum Gasteiger partial charge on any atom is 0.251 e. The number of nitrogens with zero attached hydrogens (tertiary/aromatic N) is 1. The quantitative estimate of drug-likeness (QED) is 0.768. The maximum absolute atomic E-state index is 12.6. The molecule has 27 heavy (non-hydrogen) atoms. The third-order valence-corrected chi connectivity index (χ3v) is 5.19. The molecular weight excluding hydrogens is 332 g/mol. The Kier molecular flexibility index (Phi) is 7.05. The molecule has 0 spiro atoms. The second-order valence-corrected chi connectivity index (χ2v) is 8.04. The first-order valence-electron chi connectivity index (χ1n) is 10.3. The van der Waals surface area contributed by atoms with Gasteiger partial charge in [-0.05, 0) is 67.1 Å². The molecule has 2 aromatic carbocycles. The monoisotopic (exact) mass is 364 g/mol. The minimum atomic E-state index is 0.0206. The predicted molar refractivity (Wildman–Crippen MR) is 113 cm³/mol. The van der Waals surface area contributed by atoms with E-state index in [1.54, 1.807) is 0 Å². The van der Waals surface area contributed by atoms with Gasteiger partial charge >= 0.3 is 0 Å². The number of hydrogen-bond acceptors (Lipinski definition) is 2. The van der Waals surface area contributed by atoms with Gasteiger partial charge in [0.1, 0.15) is 0 Å². The van der Waals surface area contributed by atoms with E-state index < -0.39 is 0 Å². The summed E-state index contributed by atoms with van der Waals surface area (Å²) in [5.74, 6) is 0.657. The van der Waals surface area contributed by atoms with E-state index >= 15 is 0 Å². The molecule has 1 amide bonds. The Hall–Kier alpha value is -2.13. The van der Waals surface area contributed by atoms with Crippen molar-refractivity contribution in [3.8, 4) is 11.1 Å². The van der Waals surface area contributed by atoms with Crippen LogP contribution in [0, 0.1) is 5.92 Å². The van der Waals surface area contributed by atoms with Gasteiger partial charge in [0.05, 0.1) is 0 Å². The van der Waals surface area contributed by atoms with Gasteiger partial charge in [-0.15, -0.1) is 0 Å². The van der Waals surface area contributed by atoms with Crippen molar-refractivity contribution in [1.82, 2.24) is 10.2 Å². The van der Waals surface area contributed by atoms with E-state index in [9.17, 15) is 4.79 Å². The van der Waals surface area contributed by atoms with Crippen LogP contribution < -0.4 is 5.32 Å². The summed E-state index contributed by atoms with van der Waals surface area (Å²) in [7, 11) is 0. The Morgan fingerprint density at radius 3 is 2.44 bits per heavy atom. The number of amides is 1. The molecular formula is C24H32N2O. The van der Waals surface area contributed by atoms with Gasteiger partial charge in [-0.25, -0.2) is 0 Å². The zero-order valence-corrected chi connectivity index (χ0v) is 16.7. The molecule has 0 aliphatic carbocycles. The topological polar surface area (TPSA) is 32.3 Å². The van der Waals surface area contributed by atoms with Crippen molar-refractivity contribution < 1.29 is 4.79 Å². The fourth-order valence-corrected chi connectivity index (χ4v) is 3.80. The SMILES string of the molecule is CC(C)Cc1cccc(-c2cccc(C(=O)NCCN3CCCCC3)c2)c1. The van der Waals surface area contributed by atoms with Gasteiger partial charge in [-0.3, -0.25) is 4.79 Å². The van der Waals surface area contributed by atoms with Crippen molar-refractivity contribution in [2.75, 3.05) is 26.2 Å². The van der Waals surface area contributed by atoms with E-state index in [0.717, 1.165) is 37.2 Å². The molecule has 3 nitrogen and oxygen atoms in total. The predicted octanol–water partition coefficient (Wildman–Crippen LogP) is 4.77. The largest absolute Gasteiger partial charge is 0.351 e. The summed E-state index contributed by atoms with van der Waals surface area (Å²) in [5.41, 5.74) is 4.36. The first-order chi connectivity index (χ1) is 13.1. The summed E-state index contributed by atoms with van der Waals surface area (Å²) < 4.78 is 0. The average molecular weight is 365 g/mol. The normalized spacial score (nSPS) is 15.1. The molecule has 1 N–H and O–H groups in total. The van der Waals surface area contributed by atoms with E-state index in [0.29, 0.717) is 12.5 Å². The molecule has 1 fully saturated rings. The van der Waals surface area contributed by atoms with Gasteiger partial charge in [-0.1, -0.05) is 56.7 Å². The Morgan fingerprint density at radius 2 is 1.70 bits per heavy atom. The standard InChI is InChI=1S/C24H32N2O/c1-19(2)16-20-8-6-9-21(17-20)22-10-7-11-23(18-22)24(27)25-12-15-26-13-4-3-5-14-26/h6-11,17-19H,3-5,12-16H2,1-2H3,(H,25,27). The summed E-state index contributed by atoms with van der Waals surface area (Å²) in [4.78, 5) is 15.0. The van der Waals surface area contributed by atoms with Crippen LogP contribution in [0.1, 0.15) is 49.0 Å². The van der Waals surface area contributed by atoms with Crippen LogP contribution in [-0.2, 0) is 6.42 Å². The van der Waals surface area contributed by atoms with Gasteiger partial charge in [0.15, 0.2) is 0 Å². The van der Waals surface area contributed by atoms with Crippen LogP contribution in [0.3, 0.4) is 0 Å². The van der Waals surface area contributed by atoms with Crippen LogP contribution >= 0.6 is 0 Å². The van der Waals surface area contributed by atoms with Crippen LogP contribution in [0.15, 0.2) is 48.5 Å². The molecule has 0 saturated carbocycles. The number of hydrogen-bond donors (Lipinski definition) is 1. The first-order valence-corrected chi connectivity index (χ1v) is 10.3. The average Bonchev–Trinajstić information content (AvgIpc) is 2.68. The molecule has 3 rings (SSSR count). The second-order valence-electron chi connectivity index (χ2n) is 8.04. The highest BCUT2D eigenvalue weighted by molar-refractivity contribution is 5.95. The first kappa shape index (κ1) is 19.6. The Labute approximate surface area is 163 Å². The fourth-order valence-electron chi connectivity index (χ4n) is 3.80. The van der Waals surface area contributed by atoms with Crippen molar-refractivity contribution in [2.45, 2.75) is 39.5 Å². The molecule has 0 radical (unpaired) electrons. The molecule has 0 unspecified atom stereocenters. The molecule has 0 bridgehead atoms. The lowest BCUT2D eigenvalue weighted by atomic mass is 9.97. The van der Waals surface area contributed by atoms with Crippen molar-refractivity contribution in [3.05, 3.63) is 59.7 Å². The van der Waals surface area contributed by atoms with E-state index in [2.05, 4.69) is 54.4 Å². The number of carbonyl (C=O) groups excluding carboxylic acids is 1. The summed E-state index contributed by atoms with van der Waals surface area (Å²) in [6, 6.07) is 16.6. The molecule has 0 atom stereocenters. The summed E-state index contributed by atoms with van der Waals surface area (Å²) in [6.45, 7) is 8.47. The lowest BCUT2D eigenvalue weighted by Gasteiger charge is -2.26. The summed E-state index contributed by atoms with van der Waals surface area (Å²) in [5, 5.41) is 3.08. The fraction of sp³-hybridized carbons (Fsp3) is 0.458. The lowest BCUT2D eigenvalue weighted by molar-refractivity contribution is 0.0946. The van der Waals surface area contributed by atoms with E-state index in [1.807, 2.05) is 18.2 Å². The van der Waals surface area contributed by atoms with E-state index in [-0.39, 0.29) is 5.91 Å². The molecule has 144 valence electrons. The van der Waals surface area contributed by atoms with Crippen LogP contribution in [0.4, 0.5) is 0 Å². The summed E-state index contributed by atoms with van der Waals surface area (Å²) in [6.07, 6.45) is 4.98. The van der Waals surface area contributed by atoms with E-state index in [1.165, 1.54) is 30.4 Å². The smallest absolute Gasteiger partial charge is 0.251 e. The molecule has 0 aromatic heterocycles. The number of likely N-dealkylation sites (tertiary alicyclic amines) is 1. The maximum atomic E-state index is 12.6. The zero-order chi connectivity index (χ0) is 19.1. The molecule has 1 aliphatic heterocycles. The van der Waals surface area contributed by atoms with Crippen LogP contribution in [0.25, 0.3) is 11.1 Å². The lowest BCUT2D eigenvalue weighted by Crippen LogP contribution is -2.37. The molecule has 3 heteroatoms. The Morgan fingerprint density at radius 1 is 1.00 bits per heavy atom. The molecule has 1 saturated heterocycles. The van der Waals surface area contributed by atoms with Gasteiger partial charge < -0.3 is 10.2 Å². The molecule has 1 aliphatic rings. The molecule has 1 heterocycles. The van der Waals surface area contributed by atoms with Crippen LogP contribution in [0.5, 0.6) is 0 Å². The Balaban J connectivity index is 1.61. The van der Waals surface area contributed by atoms with Gasteiger partial charge in [0.2, 0.25) is 0 Å². The van der Waals surface area contributed by atoms with Gasteiger partial charge in [0.25, 0.3) is 5.91 Å². The Bertz CT molecular complexity index is 748.